The van der Waals surface area contributed by atoms with Crippen molar-refractivity contribution in [2.75, 3.05) is 6.54 Å². The molecule has 3 rings (SSSR count). The second-order valence-electron chi connectivity index (χ2n) is 7.07. The molecule has 0 saturated heterocycles. The first-order valence-electron chi connectivity index (χ1n) is 9.68. The van der Waals surface area contributed by atoms with Crippen molar-refractivity contribution >= 4 is 5.91 Å². The molecule has 0 spiro atoms. The van der Waals surface area contributed by atoms with Gasteiger partial charge >= 0.3 is 0 Å². The molecule has 0 aliphatic carbocycles. The monoisotopic (exact) mass is 377 g/mol. The summed E-state index contributed by atoms with van der Waals surface area (Å²) in [6.45, 7) is 6.60. The van der Waals surface area contributed by atoms with Gasteiger partial charge in [0.15, 0.2) is 0 Å². The summed E-state index contributed by atoms with van der Waals surface area (Å²) in [6, 6.07) is 17.3. The third kappa shape index (κ3) is 5.22. The molecule has 0 bridgehead atoms. The van der Waals surface area contributed by atoms with Gasteiger partial charge in [-0.2, -0.15) is 5.10 Å². The van der Waals surface area contributed by atoms with Gasteiger partial charge in [0.25, 0.3) is 5.91 Å². The minimum absolute atomic E-state index is 0.0622. The number of carbonyl (C=O) groups is 1. The third-order valence-electron chi connectivity index (χ3n) is 4.42. The highest BCUT2D eigenvalue weighted by Crippen LogP contribution is 2.15. The van der Waals surface area contributed by atoms with Crippen LogP contribution in [0.25, 0.3) is 5.69 Å². The van der Waals surface area contributed by atoms with Crippen LogP contribution in [0.2, 0.25) is 0 Å². The van der Waals surface area contributed by atoms with Crippen LogP contribution in [0.5, 0.6) is 5.75 Å². The molecule has 28 heavy (non-hydrogen) atoms. The van der Waals surface area contributed by atoms with Gasteiger partial charge in [0.05, 0.1) is 17.5 Å². The normalized spacial score (nSPS) is 10.9. The zero-order chi connectivity index (χ0) is 19.9. The Balaban J connectivity index is 1.48. The van der Waals surface area contributed by atoms with Crippen LogP contribution in [0.4, 0.5) is 0 Å². The van der Waals surface area contributed by atoms with Crippen LogP contribution in [0.15, 0.2) is 60.8 Å². The maximum Gasteiger partial charge on any atom is 0.251 e. The molecule has 2 aromatic carbocycles. The molecule has 5 nitrogen and oxygen atoms in total. The van der Waals surface area contributed by atoms with Crippen molar-refractivity contribution in [3.63, 3.8) is 0 Å². The fourth-order valence-electron chi connectivity index (χ4n) is 2.99. The average Bonchev–Trinajstić information content (AvgIpc) is 3.06. The number of amides is 1. The first-order valence-corrected chi connectivity index (χ1v) is 9.68. The summed E-state index contributed by atoms with van der Waals surface area (Å²) in [6.07, 6.45) is 3.93. The predicted molar refractivity (Wildman–Crippen MR) is 111 cm³/mol. The summed E-state index contributed by atoms with van der Waals surface area (Å²) in [5.74, 6) is 0.713. The lowest BCUT2D eigenvalue weighted by Crippen LogP contribution is -2.24. The second kappa shape index (κ2) is 9.22. The smallest absolute Gasteiger partial charge is 0.251 e. The number of hydrogen-bond acceptors (Lipinski definition) is 3. The van der Waals surface area contributed by atoms with E-state index in [4.69, 9.17) is 4.74 Å². The summed E-state index contributed by atoms with van der Waals surface area (Å²) in [4.78, 5) is 12.3. The lowest BCUT2D eigenvalue weighted by Gasteiger charge is -2.10. The van der Waals surface area contributed by atoms with Crippen LogP contribution < -0.4 is 10.1 Å². The summed E-state index contributed by atoms with van der Waals surface area (Å²) in [5, 5.41) is 7.57. The molecule has 3 aromatic rings. The molecule has 0 saturated carbocycles. The summed E-state index contributed by atoms with van der Waals surface area (Å²) >= 11 is 0. The Bertz CT molecular complexity index is 899. The number of benzene rings is 2. The Hall–Kier alpha value is -3.08. The van der Waals surface area contributed by atoms with Gasteiger partial charge in [-0.3, -0.25) is 4.79 Å². The molecule has 0 unspecified atom stereocenters. The summed E-state index contributed by atoms with van der Waals surface area (Å²) in [5.41, 5.74) is 3.92. The molecule has 0 fully saturated rings. The Morgan fingerprint density at radius 2 is 1.82 bits per heavy atom. The number of hydrogen-bond donors (Lipinski definition) is 1. The van der Waals surface area contributed by atoms with Gasteiger partial charge in [0.2, 0.25) is 0 Å². The minimum Gasteiger partial charge on any atom is -0.491 e. The maximum atomic E-state index is 12.3. The van der Waals surface area contributed by atoms with E-state index < -0.39 is 0 Å². The molecule has 0 radical (unpaired) electrons. The average molecular weight is 377 g/mol. The van der Waals surface area contributed by atoms with Crippen molar-refractivity contribution in [3.05, 3.63) is 77.6 Å². The van der Waals surface area contributed by atoms with E-state index in [1.165, 1.54) is 5.56 Å². The maximum absolute atomic E-state index is 12.3. The Morgan fingerprint density at radius 1 is 1.11 bits per heavy atom. The van der Waals surface area contributed by atoms with E-state index >= 15 is 0 Å². The number of rotatable bonds is 8. The van der Waals surface area contributed by atoms with E-state index in [2.05, 4.69) is 16.6 Å². The fourth-order valence-corrected chi connectivity index (χ4v) is 2.99. The van der Waals surface area contributed by atoms with Crippen molar-refractivity contribution in [2.45, 2.75) is 39.7 Å². The number of para-hydroxylation sites is 1. The van der Waals surface area contributed by atoms with Crippen molar-refractivity contribution in [3.8, 4) is 11.4 Å². The number of aryl methyl sites for hydroxylation is 2. The Labute approximate surface area is 166 Å². The lowest BCUT2D eigenvalue weighted by atomic mass is 10.1. The highest BCUT2D eigenvalue weighted by Gasteiger charge is 2.08. The molecule has 1 heterocycles. The van der Waals surface area contributed by atoms with E-state index in [-0.39, 0.29) is 12.0 Å². The zero-order valence-corrected chi connectivity index (χ0v) is 16.7. The Morgan fingerprint density at radius 3 is 2.50 bits per heavy atom. The van der Waals surface area contributed by atoms with Crippen LogP contribution in [0.3, 0.4) is 0 Å². The van der Waals surface area contributed by atoms with Crippen LogP contribution in [0, 0.1) is 6.92 Å². The number of aromatic nitrogens is 2. The molecule has 1 aromatic heterocycles. The second-order valence-corrected chi connectivity index (χ2v) is 7.07. The van der Waals surface area contributed by atoms with E-state index in [0.717, 1.165) is 30.0 Å². The molecule has 146 valence electrons. The zero-order valence-electron chi connectivity index (χ0n) is 16.7. The highest BCUT2D eigenvalue weighted by atomic mass is 16.5. The summed E-state index contributed by atoms with van der Waals surface area (Å²) < 4.78 is 7.51. The molecule has 1 amide bonds. The third-order valence-corrected chi connectivity index (χ3v) is 4.42. The van der Waals surface area contributed by atoms with Crippen LogP contribution in [0.1, 0.15) is 41.9 Å². The van der Waals surface area contributed by atoms with Gasteiger partial charge in [0.1, 0.15) is 5.75 Å². The van der Waals surface area contributed by atoms with Crippen molar-refractivity contribution in [2.24, 2.45) is 0 Å². The highest BCUT2D eigenvalue weighted by molar-refractivity contribution is 5.94. The number of nitrogens with zero attached hydrogens (tertiary/aromatic N) is 2. The van der Waals surface area contributed by atoms with Crippen LogP contribution in [-0.2, 0) is 6.42 Å². The molecule has 0 atom stereocenters. The van der Waals surface area contributed by atoms with E-state index in [1.54, 1.807) is 12.1 Å². The van der Waals surface area contributed by atoms with Gasteiger partial charge in [-0.25, -0.2) is 4.68 Å². The van der Waals surface area contributed by atoms with Gasteiger partial charge in [-0.05, 0) is 75.6 Å². The summed E-state index contributed by atoms with van der Waals surface area (Å²) in [7, 11) is 0. The lowest BCUT2D eigenvalue weighted by molar-refractivity contribution is 0.0953. The first-order chi connectivity index (χ1) is 13.5. The predicted octanol–water partition coefficient (Wildman–Crippen LogP) is 4.33. The molecule has 5 heteroatoms. The molecule has 1 N–H and O–H groups in total. The minimum atomic E-state index is -0.0622. The number of ether oxygens (including phenoxy) is 1. The van der Waals surface area contributed by atoms with E-state index in [1.807, 2.05) is 67.9 Å². The van der Waals surface area contributed by atoms with Gasteiger partial charge < -0.3 is 10.1 Å². The fraction of sp³-hybridized carbons (Fsp3) is 0.304. The largest absolute Gasteiger partial charge is 0.491 e. The van der Waals surface area contributed by atoms with Gasteiger partial charge in [-0.1, -0.05) is 18.2 Å². The van der Waals surface area contributed by atoms with Crippen molar-refractivity contribution in [1.82, 2.24) is 15.1 Å². The van der Waals surface area contributed by atoms with Gasteiger partial charge in [-0.15, -0.1) is 0 Å². The Kier molecular flexibility index (Phi) is 6.48. The van der Waals surface area contributed by atoms with Crippen LogP contribution in [-0.4, -0.2) is 28.3 Å². The number of carbonyl (C=O) groups excluding carboxylic acids is 1. The number of nitrogens with one attached hydrogen (secondary N) is 1. The van der Waals surface area contributed by atoms with Crippen LogP contribution >= 0.6 is 0 Å². The quantitative estimate of drug-likeness (QED) is 0.595. The topological polar surface area (TPSA) is 56.2 Å². The van der Waals surface area contributed by atoms with Gasteiger partial charge in [0, 0.05) is 18.3 Å². The molecule has 0 aliphatic heterocycles. The van der Waals surface area contributed by atoms with E-state index in [0.29, 0.717) is 12.1 Å². The molecule has 0 aliphatic rings. The standard InChI is InChI=1S/C23H27N3O2/c1-17(2)28-22-13-11-19(12-14-22)23(27)24-15-7-8-20-16-26(25-18(20)3)21-9-5-4-6-10-21/h4-6,9-14,16-17H,7-8,15H2,1-3H3,(H,24,27). The van der Waals surface area contributed by atoms with Crippen molar-refractivity contribution in [1.29, 1.82) is 0 Å². The molecular formula is C23H27N3O2. The molecular weight excluding hydrogens is 350 g/mol. The van der Waals surface area contributed by atoms with E-state index in [9.17, 15) is 4.79 Å². The SMILES string of the molecule is Cc1nn(-c2ccccc2)cc1CCCNC(=O)c1ccc(OC(C)C)cc1. The van der Waals surface area contributed by atoms with Crippen molar-refractivity contribution < 1.29 is 9.53 Å². The first kappa shape index (κ1) is 19.7.